The van der Waals surface area contributed by atoms with Crippen molar-refractivity contribution in [2.24, 2.45) is 29.6 Å². The molecule has 3 aliphatic carbocycles. The summed E-state index contributed by atoms with van der Waals surface area (Å²) >= 11 is 5.18. The normalized spacial score (nSPS) is 41.6. The van der Waals surface area contributed by atoms with Gasteiger partial charge in [-0.2, -0.15) is 0 Å². The zero-order chi connectivity index (χ0) is 11.7. The number of hydrogen-bond donors (Lipinski definition) is 0. The number of carbonyl (C=O) groups is 1. The van der Waals surface area contributed by atoms with E-state index in [0.29, 0.717) is 11.7 Å². The van der Waals surface area contributed by atoms with Crippen LogP contribution in [0.4, 0.5) is 0 Å². The largest absolute Gasteiger partial charge is 0.293 e. The van der Waals surface area contributed by atoms with Gasteiger partial charge in [-0.3, -0.25) is 4.79 Å². The topological polar surface area (TPSA) is 17.1 Å². The molecule has 1 aromatic rings. The minimum Gasteiger partial charge on any atom is -0.293 e. The van der Waals surface area contributed by atoms with E-state index in [2.05, 4.69) is 28.9 Å². The molecule has 2 bridgehead atoms. The van der Waals surface area contributed by atoms with E-state index < -0.39 is 0 Å². The first kappa shape index (κ1) is 10.7. The number of aryl methyl sites for hydroxylation is 1. The summed E-state index contributed by atoms with van der Waals surface area (Å²) < 4.78 is 1.02. The smallest absolute Gasteiger partial charge is 0.177 e. The summed E-state index contributed by atoms with van der Waals surface area (Å²) in [5, 5.41) is 0. The molecule has 3 heteroatoms. The van der Waals surface area contributed by atoms with Crippen LogP contribution in [0.3, 0.4) is 0 Å². The molecular formula is C14H15BrOS. The molecule has 4 unspecified atom stereocenters. The highest BCUT2D eigenvalue weighted by Gasteiger charge is 2.67. The summed E-state index contributed by atoms with van der Waals surface area (Å²) in [5.74, 6) is 4.11. The highest BCUT2D eigenvalue weighted by Crippen LogP contribution is 2.70. The van der Waals surface area contributed by atoms with Crippen LogP contribution in [-0.4, -0.2) is 5.78 Å². The predicted molar refractivity (Wildman–Crippen MR) is 72.4 cm³/mol. The summed E-state index contributed by atoms with van der Waals surface area (Å²) in [4.78, 5) is 14.8. The van der Waals surface area contributed by atoms with Crippen LogP contribution < -0.4 is 0 Å². The Morgan fingerprint density at radius 2 is 2.00 bits per heavy atom. The zero-order valence-electron chi connectivity index (χ0n) is 9.78. The van der Waals surface area contributed by atoms with E-state index in [1.165, 1.54) is 24.1 Å². The van der Waals surface area contributed by atoms with Crippen LogP contribution in [0.5, 0.6) is 0 Å². The van der Waals surface area contributed by atoms with Gasteiger partial charge in [-0.05, 0) is 71.9 Å². The van der Waals surface area contributed by atoms with Crippen molar-refractivity contribution in [3.8, 4) is 0 Å². The minimum atomic E-state index is 0.385. The summed E-state index contributed by atoms with van der Waals surface area (Å²) in [5.41, 5.74) is 0. The molecule has 3 aliphatic rings. The molecule has 0 radical (unpaired) electrons. The fourth-order valence-electron chi connectivity index (χ4n) is 4.48. The lowest BCUT2D eigenvalue weighted by molar-refractivity contribution is 0.0948. The number of hydrogen-bond acceptors (Lipinski definition) is 2. The maximum atomic E-state index is 12.6. The molecule has 0 saturated heterocycles. The second-order valence-corrected chi connectivity index (χ2v) is 8.02. The lowest BCUT2D eigenvalue weighted by Gasteiger charge is -2.06. The average molecular weight is 311 g/mol. The van der Waals surface area contributed by atoms with E-state index in [0.717, 1.165) is 33.0 Å². The molecule has 1 heterocycles. The number of halogens is 1. The van der Waals surface area contributed by atoms with Crippen molar-refractivity contribution in [1.29, 1.82) is 0 Å². The van der Waals surface area contributed by atoms with Crippen LogP contribution in [0.1, 0.15) is 33.8 Å². The monoisotopic (exact) mass is 310 g/mol. The van der Waals surface area contributed by atoms with Gasteiger partial charge in [-0.25, -0.2) is 0 Å². The van der Waals surface area contributed by atoms with Gasteiger partial charge in [-0.15, -0.1) is 11.3 Å². The van der Waals surface area contributed by atoms with Crippen LogP contribution in [0.2, 0.25) is 0 Å². The van der Waals surface area contributed by atoms with Gasteiger partial charge in [-0.1, -0.05) is 0 Å². The summed E-state index contributed by atoms with van der Waals surface area (Å²) in [6.07, 6.45) is 4.20. The van der Waals surface area contributed by atoms with Gasteiger partial charge in [0, 0.05) is 15.3 Å². The van der Waals surface area contributed by atoms with Crippen molar-refractivity contribution < 1.29 is 4.79 Å². The first-order valence-electron chi connectivity index (χ1n) is 6.47. The third-order valence-corrected chi connectivity index (χ3v) is 7.02. The molecule has 0 aromatic carbocycles. The third-order valence-electron chi connectivity index (χ3n) is 5.07. The van der Waals surface area contributed by atoms with Crippen LogP contribution in [0.25, 0.3) is 0 Å². The van der Waals surface area contributed by atoms with Crippen molar-refractivity contribution in [1.82, 2.24) is 0 Å². The SMILES string of the molecule is Cc1cc(Br)c(C(=O)C2C3C4CCC(C4)C23)s1. The van der Waals surface area contributed by atoms with E-state index >= 15 is 0 Å². The fourth-order valence-corrected chi connectivity index (χ4v) is 6.30. The first-order chi connectivity index (χ1) is 8.16. The van der Waals surface area contributed by atoms with Crippen molar-refractivity contribution in [3.63, 3.8) is 0 Å². The lowest BCUT2D eigenvalue weighted by atomic mass is 9.99. The molecule has 4 rings (SSSR count). The van der Waals surface area contributed by atoms with Crippen molar-refractivity contribution in [3.05, 3.63) is 20.3 Å². The Hall–Kier alpha value is -0.150. The summed E-state index contributed by atoms with van der Waals surface area (Å²) in [6, 6.07) is 2.07. The third kappa shape index (κ3) is 1.39. The Bertz CT molecular complexity index is 490. The van der Waals surface area contributed by atoms with Crippen LogP contribution >= 0.6 is 27.3 Å². The molecular weight excluding hydrogens is 296 g/mol. The molecule has 3 fully saturated rings. The molecule has 1 aromatic heterocycles. The number of carbonyl (C=O) groups excluding carboxylic acids is 1. The van der Waals surface area contributed by atoms with Crippen LogP contribution in [0.15, 0.2) is 10.5 Å². The van der Waals surface area contributed by atoms with Crippen molar-refractivity contribution in [2.75, 3.05) is 0 Å². The van der Waals surface area contributed by atoms with Gasteiger partial charge >= 0.3 is 0 Å². The Morgan fingerprint density at radius 1 is 1.35 bits per heavy atom. The first-order valence-corrected chi connectivity index (χ1v) is 8.08. The second-order valence-electron chi connectivity index (χ2n) is 5.91. The van der Waals surface area contributed by atoms with Gasteiger partial charge in [0.05, 0.1) is 4.88 Å². The number of rotatable bonds is 2. The molecule has 17 heavy (non-hydrogen) atoms. The van der Waals surface area contributed by atoms with Crippen LogP contribution in [-0.2, 0) is 0 Å². The predicted octanol–water partition coefficient (Wildman–Crippen LogP) is 4.29. The molecule has 3 saturated carbocycles. The maximum Gasteiger partial charge on any atom is 0.177 e. The fraction of sp³-hybridized carbons (Fsp3) is 0.643. The van der Waals surface area contributed by atoms with Gasteiger partial charge in [0.15, 0.2) is 5.78 Å². The summed E-state index contributed by atoms with van der Waals surface area (Å²) in [7, 11) is 0. The Morgan fingerprint density at radius 3 is 2.53 bits per heavy atom. The molecule has 0 aliphatic heterocycles. The quantitative estimate of drug-likeness (QED) is 0.745. The Balaban J connectivity index is 1.62. The molecule has 0 N–H and O–H groups in total. The standard InChI is InChI=1S/C14H15BrOS/c1-6-4-9(15)14(17-6)13(16)12-10-7-2-3-8(5-7)11(10)12/h4,7-8,10-12H,2-3,5H2,1H3. The average Bonchev–Trinajstić information content (AvgIpc) is 2.59. The Kier molecular flexibility index (Phi) is 2.18. The van der Waals surface area contributed by atoms with E-state index in [9.17, 15) is 4.79 Å². The lowest BCUT2D eigenvalue weighted by Crippen LogP contribution is -2.09. The summed E-state index contributed by atoms with van der Waals surface area (Å²) in [6.45, 7) is 2.07. The minimum absolute atomic E-state index is 0.385. The van der Waals surface area contributed by atoms with Crippen molar-refractivity contribution in [2.45, 2.75) is 26.2 Å². The van der Waals surface area contributed by atoms with Gasteiger partial charge in [0.2, 0.25) is 0 Å². The van der Waals surface area contributed by atoms with E-state index in [-0.39, 0.29) is 0 Å². The van der Waals surface area contributed by atoms with Crippen LogP contribution in [0, 0.1) is 36.5 Å². The number of thiophene rings is 1. The molecule has 0 amide bonds. The molecule has 0 spiro atoms. The van der Waals surface area contributed by atoms with Crippen molar-refractivity contribution >= 4 is 33.0 Å². The van der Waals surface area contributed by atoms with Gasteiger partial charge in [0.1, 0.15) is 0 Å². The Labute approximate surface area is 114 Å². The maximum absolute atomic E-state index is 12.6. The highest BCUT2D eigenvalue weighted by molar-refractivity contribution is 9.10. The molecule has 90 valence electrons. The number of fused-ring (bicyclic) bond motifs is 5. The number of ketones is 1. The molecule has 4 atom stereocenters. The van der Waals surface area contributed by atoms with E-state index in [1.807, 2.05) is 0 Å². The van der Waals surface area contributed by atoms with E-state index in [4.69, 9.17) is 0 Å². The highest BCUT2D eigenvalue weighted by atomic mass is 79.9. The number of Topliss-reactive ketones (excluding diaryl/α,β-unsaturated/α-hetero) is 1. The van der Waals surface area contributed by atoms with Gasteiger partial charge in [0.25, 0.3) is 0 Å². The van der Waals surface area contributed by atoms with Gasteiger partial charge < -0.3 is 0 Å². The second kappa shape index (κ2) is 3.45. The van der Waals surface area contributed by atoms with E-state index in [1.54, 1.807) is 11.3 Å². The zero-order valence-corrected chi connectivity index (χ0v) is 12.2. The molecule has 1 nitrogen and oxygen atoms in total.